The van der Waals surface area contributed by atoms with Crippen molar-refractivity contribution in [2.24, 2.45) is 0 Å². The Hall–Kier alpha value is -0.870. The zero-order valence-corrected chi connectivity index (χ0v) is 20.4. The lowest BCUT2D eigenvalue weighted by Gasteiger charge is -2.14. The van der Waals surface area contributed by atoms with Gasteiger partial charge in [-0.3, -0.25) is 0 Å². The maximum Gasteiger partial charge on any atom is 0.142 e. The lowest BCUT2D eigenvalue weighted by atomic mass is 10.00. The van der Waals surface area contributed by atoms with Crippen LogP contribution in [-0.2, 0) is 24.2 Å². The van der Waals surface area contributed by atoms with Gasteiger partial charge >= 0.3 is 0 Å². The highest BCUT2D eigenvalue weighted by Crippen LogP contribution is 2.25. The van der Waals surface area contributed by atoms with Crippen molar-refractivity contribution in [3.8, 4) is 5.75 Å². The molecular formula is C26H45O3S-. The van der Waals surface area contributed by atoms with Gasteiger partial charge < -0.3 is 8.74 Å². The predicted octanol–water partition coefficient (Wildman–Crippen LogP) is 8.23. The van der Waals surface area contributed by atoms with E-state index >= 15 is 0 Å². The van der Waals surface area contributed by atoms with Crippen LogP contribution >= 0.6 is 0 Å². The first-order valence-electron chi connectivity index (χ1n) is 12.6. The number of rotatable bonds is 20. The van der Waals surface area contributed by atoms with Gasteiger partial charge in [-0.05, 0) is 42.9 Å². The molecule has 0 heterocycles. The minimum Gasteiger partial charge on any atom is -0.740 e. The highest BCUT2D eigenvalue weighted by Gasteiger charge is 2.07. The van der Waals surface area contributed by atoms with Gasteiger partial charge in [0.2, 0.25) is 0 Å². The fraction of sp³-hybridized carbons (Fsp3) is 0.769. The summed E-state index contributed by atoms with van der Waals surface area (Å²) in [5.41, 5.74) is 2.20. The minimum atomic E-state index is -2.51. The second kappa shape index (κ2) is 18.9. The van der Waals surface area contributed by atoms with Gasteiger partial charge in [-0.15, -0.1) is 0 Å². The van der Waals surface area contributed by atoms with Crippen LogP contribution in [0.25, 0.3) is 0 Å². The van der Waals surface area contributed by atoms with Gasteiger partial charge in [-0.25, -0.2) is 4.21 Å². The molecule has 0 spiro atoms. The Labute approximate surface area is 188 Å². The summed E-state index contributed by atoms with van der Waals surface area (Å²) in [4.78, 5) is 0. The molecule has 0 N–H and O–H groups in total. The van der Waals surface area contributed by atoms with Crippen molar-refractivity contribution in [1.29, 1.82) is 0 Å². The van der Waals surface area contributed by atoms with Crippen LogP contribution in [0.15, 0.2) is 18.2 Å². The topological polar surface area (TPSA) is 49.4 Å². The van der Waals surface area contributed by atoms with Crippen LogP contribution in [0.5, 0.6) is 5.75 Å². The summed E-state index contributed by atoms with van der Waals surface area (Å²) < 4.78 is 27.3. The molecule has 1 unspecified atom stereocenters. The zero-order valence-electron chi connectivity index (χ0n) is 19.6. The summed E-state index contributed by atoms with van der Waals surface area (Å²) >= 11 is -2.51. The van der Waals surface area contributed by atoms with Crippen LogP contribution in [0, 0.1) is 0 Å². The first-order chi connectivity index (χ1) is 14.7. The van der Waals surface area contributed by atoms with Crippen molar-refractivity contribution < 1.29 is 12.9 Å². The van der Waals surface area contributed by atoms with Gasteiger partial charge in [0.15, 0.2) is 0 Å². The Morgan fingerprint density at radius 1 is 0.700 bits per heavy atom. The van der Waals surface area contributed by atoms with Crippen molar-refractivity contribution in [3.63, 3.8) is 0 Å². The number of benzene rings is 1. The van der Waals surface area contributed by atoms with E-state index in [0.29, 0.717) is 5.75 Å². The molecule has 174 valence electrons. The van der Waals surface area contributed by atoms with E-state index in [1.165, 1.54) is 95.5 Å². The van der Waals surface area contributed by atoms with E-state index in [-0.39, 0.29) is 0 Å². The number of hydrogen-bond donors (Lipinski definition) is 0. The molecule has 0 fully saturated rings. The Morgan fingerprint density at radius 3 is 1.67 bits per heavy atom. The van der Waals surface area contributed by atoms with Crippen molar-refractivity contribution in [3.05, 3.63) is 29.3 Å². The summed E-state index contributed by atoms with van der Waals surface area (Å²) in [6.07, 6.45) is 22.5. The molecule has 0 bridgehead atoms. The van der Waals surface area contributed by atoms with E-state index in [2.05, 4.69) is 26.0 Å². The smallest absolute Gasteiger partial charge is 0.142 e. The Balaban J connectivity index is 2.34. The third-order valence-electron chi connectivity index (χ3n) is 5.91. The van der Waals surface area contributed by atoms with Gasteiger partial charge in [0.1, 0.15) is 17.1 Å². The van der Waals surface area contributed by atoms with Crippen LogP contribution in [0.2, 0.25) is 0 Å². The van der Waals surface area contributed by atoms with Gasteiger partial charge in [0.05, 0.1) is 0 Å². The third kappa shape index (κ3) is 14.2. The summed E-state index contributed by atoms with van der Waals surface area (Å²) in [6, 6.07) is 6.17. The Bertz CT molecular complexity index is 559. The molecule has 30 heavy (non-hydrogen) atoms. The van der Waals surface area contributed by atoms with Gasteiger partial charge in [0.25, 0.3) is 0 Å². The minimum absolute atomic E-state index is 0.531. The maximum absolute atomic E-state index is 11.1. The summed E-state index contributed by atoms with van der Waals surface area (Å²) in [7, 11) is 0. The SMILES string of the molecule is CCCCCCCCCCc1ccc(CCCCCCCCCC)c(OS(=O)[O-])c1. The van der Waals surface area contributed by atoms with Crippen LogP contribution in [0.3, 0.4) is 0 Å². The third-order valence-corrected chi connectivity index (χ3v) is 6.22. The van der Waals surface area contributed by atoms with E-state index < -0.39 is 11.4 Å². The van der Waals surface area contributed by atoms with Crippen LogP contribution in [0.1, 0.15) is 128 Å². The average Bonchev–Trinajstić information content (AvgIpc) is 2.72. The van der Waals surface area contributed by atoms with Crippen molar-refractivity contribution >= 4 is 11.4 Å². The molecule has 0 saturated carbocycles. The predicted molar refractivity (Wildman–Crippen MR) is 129 cm³/mol. The highest BCUT2D eigenvalue weighted by atomic mass is 32.2. The molecule has 0 radical (unpaired) electrons. The van der Waals surface area contributed by atoms with Crippen LogP contribution < -0.4 is 4.18 Å². The standard InChI is InChI=1S/C26H46O3S/c1-3-5-7-9-11-13-15-17-19-24-21-22-25(26(23-24)29-30(27)28)20-18-16-14-12-10-8-6-4-2/h21-23H,3-20H2,1-2H3,(H,27,28)/p-1. The number of hydrogen-bond acceptors (Lipinski definition) is 3. The summed E-state index contributed by atoms with van der Waals surface area (Å²) in [5, 5.41) is 0. The average molecular weight is 438 g/mol. The molecule has 0 aliphatic carbocycles. The monoisotopic (exact) mass is 437 g/mol. The molecular weight excluding hydrogens is 392 g/mol. The molecule has 0 aliphatic heterocycles. The normalized spacial score (nSPS) is 12.2. The van der Waals surface area contributed by atoms with Crippen molar-refractivity contribution in [1.82, 2.24) is 0 Å². The summed E-state index contributed by atoms with van der Waals surface area (Å²) in [6.45, 7) is 4.50. The quantitative estimate of drug-likeness (QED) is 0.152. The van der Waals surface area contributed by atoms with Gasteiger partial charge in [-0.1, -0.05) is 116 Å². The molecule has 0 amide bonds. The molecule has 0 aliphatic rings. The van der Waals surface area contributed by atoms with E-state index in [1.807, 2.05) is 6.07 Å². The zero-order chi connectivity index (χ0) is 21.9. The summed E-state index contributed by atoms with van der Waals surface area (Å²) in [5.74, 6) is 0.531. The molecule has 0 aromatic heterocycles. The van der Waals surface area contributed by atoms with Gasteiger partial charge in [0, 0.05) is 0 Å². The van der Waals surface area contributed by atoms with E-state index in [0.717, 1.165) is 31.2 Å². The Kier molecular flexibility index (Phi) is 17.1. The molecule has 1 aromatic carbocycles. The van der Waals surface area contributed by atoms with E-state index in [4.69, 9.17) is 4.18 Å². The first kappa shape index (κ1) is 27.2. The number of aryl methyl sites for hydroxylation is 2. The molecule has 1 aromatic rings. The second-order valence-corrected chi connectivity index (χ2v) is 9.25. The first-order valence-corrected chi connectivity index (χ1v) is 13.6. The lowest BCUT2D eigenvalue weighted by molar-refractivity contribution is 0.437. The second-order valence-electron chi connectivity index (χ2n) is 8.68. The molecule has 3 nitrogen and oxygen atoms in total. The molecule has 0 saturated heterocycles. The fourth-order valence-corrected chi connectivity index (χ4v) is 4.33. The van der Waals surface area contributed by atoms with Crippen molar-refractivity contribution in [2.45, 2.75) is 129 Å². The maximum atomic E-state index is 11.1. The molecule has 1 atom stereocenters. The van der Waals surface area contributed by atoms with E-state index in [1.54, 1.807) is 0 Å². The lowest BCUT2D eigenvalue weighted by Crippen LogP contribution is -2.02. The van der Waals surface area contributed by atoms with Gasteiger partial charge in [-0.2, -0.15) is 0 Å². The van der Waals surface area contributed by atoms with E-state index in [9.17, 15) is 8.76 Å². The van der Waals surface area contributed by atoms with Crippen LogP contribution in [-0.4, -0.2) is 8.76 Å². The van der Waals surface area contributed by atoms with Crippen LogP contribution in [0.4, 0.5) is 0 Å². The molecule has 1 rings (SSSR count). The molecule has 4 heteroatoms. The fourth-order valence-electron chi connectivity index (χ4n) is 4.02. The highest BCUT2D eigenvalue weighted by molar-refractivity contribution is 7.74. The number of unbranched alkanes of at least 4 members (excludes halogenated alkanes) is 14. The largest absolute Gasteiger partial charge is 0.740 e. The Morgan fingerprint density at radius 2 is 1.17 bits per heavy atom. The van der Waals surface area contributed by atoms with Crippen molar-refractivity contribution in [2.75, 3.05) is 0 Å².